The number of nitrogens with one attached hydrogen (secondary N) is 1. The lowest BCUT2D eigenvalue weighted by Crippen LogP contribution is -2.29. The van der Waals surface area contributed by atoms with Gasteiger partial charge in [0.05, 0.1) is 6.54 Å². The van der Waals surface area contributed by atoms with Crippen molar-refractivity contribution < 1.29 is 4.52 Å². The summed E-state index contributed by atoms with van der Waals surface area (Å²) < 4.78 is 4.93. The van der Waals surface area contributed by atoms with Crippen LogP contribution >= 0.6 is 0 Å². The lowest BCUT2D eigenvalue weighted by molar-refractivity contribution is 0.290. The van der Waals surface area contributed by atoms with Crippen molar-refractivity contribution in [1.82, 2.24) is 20.4 Å². The summed E-state index contributed by atoms with van der Waals surface area (Å²) in [4.78, 5) is 6.62. The van der Waals surface area contributed by atoms with E-state index in [1.54, 1.807) is 0 Å². The first-order valence-electron chi connectivity index (χ1n) is 6.90. The van der Waals surface area contributed by atoms with Crippen molar-refractivity contribution >= 4 is 0 Å². The molecular weight excluding hydrogens is 228 g/mol. The van der Waals surface area contributed by atoms with Gasteiger partial charge < -0.3 is 14.7 Å². The van der Waals surface area contributed by atoms with Crippen LogP contribution in [0, 0.1) is 6.92 Å². The van der Waals surface area contributed by atoms with Crippen molar-refractivity contribution in [3.05, 3.63) is 11.7 Å². The van der Waals surface area contributed by atoms with Gasteiger partial charge in [-0.3, -0.25) is 0 Å². The van der Waals surface area contributed by atoms with Gasteiger partial charge in [-0.1, -0.05) is 19.0 Å². The molecule has 1 heterocycles. The standard InChI is InChI=1S/C13H26N4O/c1-5-17(6-2)9-7-8-11(3)14-10-13-15-12(4)18-16-13/h11,14H,5-10H2,1-4H3. The van der Waals surface area contributed by atoms with Crippen LogP contribution in [0.1, 0.15) is 45.3 Å². The fourth-order valence-corrected chi connectivity index (χ4v) is 1.94. The minimum Gasteiger partial charge on any atom is -0.340 e. The molecule has 104 valence electrons. The number of nitrogens with zero attached hydrogens (tertiary/aromatic N) is 3. The van der Waals surface area contributed by atoms with Gasteiger partial charge in [0.15, 0.2) is 5.82 Å². The molecule has 0 aliphatic rings. The van der Waals surface area contributed by atoms with Crippen LogP contribution in [0.4, 0.5) is 0 Å². The molecule has 0 fully saturated rings. The van der Waals surface area contributed by atoms with Crippen LogP contribution in [-0.4, -0.2) is 40.7 Å². The highest BCUT2D eigenvalue weighted by molar-refractivity contribution is 4.83. The lowest BCUT2D eigenvalue weighted by Gasteiger charge is -2.19. The molecular formula is C13H26N4O. The zero-order valence-corrected chi connectivity index (χ0v) is 12.1. The van der Waals surface area contributed by atoms with Gasteiger partial charge in [0.25, 0.3) is 0 Å². The maximum absolute atomic E-state index is 4.93. The topological polar surface area (TPSA) is 54.2 Å². The fourth-order valence-electron chi connectivity index (χ4n) is 1.94. The van der Waals surface area contributed by atoms with Crippen molar-refractivity contribution in [1.29, 1.82) is 0 Å². The van der Waals surface area contributed by atoms with Gasteiger partial charge in [0.2, 0.25) is 5.89 Å². The van der Waals surface area contributed by atoms with E-state index in [-0.39, 0.29) is 0 Å². The van der Waals surface area contributed by atoms with Gasteiger partial charge in [0, 0.05) is 13.0 Å². The molecule has 1 aromatic rings. The number of aromatic nitrogens is 2. The molecule has 1 rings (SSSR count). The van der Waals surface area contributed by atoms with E-state index < -0.39 is 0 Å². The maximum atomic E-state index is 4.93. The molecule has 0 radical (unpaired) electrons. The third-order valence-electron chi connectivity index (χ3n) is 3.18. The summed E-state index contributed by atoms with van der Waals surface area (Å²) in [7, 11) is 0. The van der Waals surface area contributed by atoms with Crippen LogP contribution in [0.25, 0.3) is 0 Å². The lowest BCUT2D eigenvalue weighted by atomic mass is 10.1. The van der Waals surface area contributed by atoms with Crippen LogP contribution in [0.15, 0.2) is 4.52 Å². The van der Waals surface area contributed by atoms with Gasteiger partial charge in [-0.15, -0.1) is 0 Å². The Hall–Kier alpha value is -0.940. The SMILES string of the molecule is CCN(CC)CCCC(C)NCc1noc(C)n1. The van der Waals surface area contributed by atoms with E-state index in [2.05, 4.69) is 41.1 Å². The maximum Gasteiger partial charge on any atom is 0.223 e. The highest BCUT2D eigenvalue weighted by Crippen LogP contribution is 2.01. The second-order valence-electron chi connectivity index (χ2n) is 4.68. The monoisotopic (exact) mass is 254 g/mol. The quantitative estimate of drug-likeness (QED) is 0.730. The van der Waals surface area contributed by atoms with Gasteiger partial charge in [0.1, 0.15) is 0 Å². The number of aryl methyl sites for hydroxylation is 1. The molecule has 5 nitrogen and oxygen atoms in total. The molecule has 18 heavy (non-hydrogen) atoms. The highest BCUT2D eigenvalue weighted by Gasteiger charge is 2.06. The van der Waals surface area contributed by atoms with Gasteiger partial charge in [-0.25, -0.2) is 0 Å². The Morgan fingerprint density at radius 2 is 2.06 bits per heavy atom. The van der Waals surface area contributed by atoms with Crippen molar-refractivity contribution in [2.24, 2.45) is 0 Å². The second-order valence-corrected chi connectivity index (χ2v) is 4.68. The molecule has 1 aromatic heterocycles. The first-order valence-corrected chi connectivity index (χ1v) is 6.90. The smallest absolute Gasteiger partial charge is 0.223 e. The first kappa shape index (κ1) is 15.1. The van der Waals surface area contributed by atoms with Gasteiger partial charge >= 0.3 is 0 Å². The summed E-state index contributed by atoms with van der Waals surface area (Å²) in [5.41, 5.74) is 0. The molecule has 0 saturated carbocycles. The van der Waals surface area contributed by atoms with Crippen LogP contribution in [0.2, 0.25) is 0 Å². The normalized spacial score (nSPS) is 13.2. The number of rotatable bonds is 9. The molecule has 0 aliphatic heterocycles. The van der Waals surface area contributed by atoms with Crippen molar-refractivity contribution in [3.63, 3.8) is 0 Å². The largest absolute Gasteiger partial charge is 0.340 e. The Labute approximate surface area is 110 Å². The van der Waals surface area contributed by atoms with Gasteiger partial charge in [-0.2, -0.15) is 4.98 Å². The van der Waals surface area contributed by atoms with E-state index >= 15 is 0 Å². The molecule has 0 saturated heterocycles. The van der Waals surface area contributed by atoms with Crippen molar-refractivity contribution in [2.45, 2.75) is 53.1 Å². The van der Waals surface area contributed by atoms with E-state index in [0.29, 0.717) is 18.5 Å². The zero-order chi connectivity index (χ0) is 13.4. The van der Waals surface area contributed by atoms with E-state index in [0.717, 1.165) is 18.9 Å². The molecule has 0 amide bonds. The Bertz CT molecular complexity index is 323. The third kappa shape index (κ3) is 5.60. The predicted octanol–water partition coefficient (Wildman–Crippen LogP) is 1.98. The van der Waals surface area contributed by atoms with E-state index in [4.69, 9.17) is 4.52 Å². The first-order chi connectivity index (χ1) is 8.65. The summed E-state index contributed by atoms with van der Waals surface area (Å²) >= 11 is 0. The van der Waals surface area contributed by atoms with Crippen LogP contribution in [-0.2, 0) is 6.54 Å². The summed E-state index contributed by atoms with van der Waals surface area (Å²) in [5, 5.41) is 7.28. The zero-order valence-electron chi connectivity index (χ0n) is 12.1. The molecule has 5 heteroatoms. The Balaban J connectivity index is 2.12. The molecule has 1 unspecified atom stereocenters. The molecule has 0 aliphatic carbocycles. The minimum absolute atomic E-state index is 0.486. The fraction of sp³-hybridized carbons (Fsp3) is 0.846. The van der Waals surface area contributed by atoms with Gasteiger partial charge in [-0.05, 0) is 39.4 Å². The Morgan fingerprint density at radius 3 is 2.61 bits per heavy atom. The predicted molar refractivity (Wildman–Crippen MR) is 72.4 cm³/mol. The molecule has 0 spiro atoms. The molecule has 0 bridgehead atoms. The molecule has 0 aromatic carbocycles. The summed E-state index contributed by atoms with van der Waals surface area (Å²) in [6.07, 6.45) is 2.40. The van der Waals surface area contributed by atoms with E-state index in [9.17, 15) is 0 Å². The van der Waals surface area contributed by atoms with Crippen LogP contribution in [0.5, 0.6) is 0 Å². The van der Waals surface area contributed by atoms with E-state index in [1.165, 1.54) is 19.4 Å². The third-order valence-corrected chi connectivity index (χ3v) is 3.18. The minimum atomic E-state index is 0.486. The average molecular weight is 254 g/mol. The Kier molecular flexibility index (Phi) is 6.90. The number of hydrogen-bond donors (Lipinski definition) is 1. The second kappa shape index (κ2) is 8.21. The van der Waals surface area contributed by atoms with Crippen LogP contribution in [0.3, 0.4) is 0 Å². The Morgan fingerprint density at radius 1 is 1.33 bits per heavy atom. The van der Waals surface area contributed by atoms with Crippen molar-refractivity contribution in [2.75, 3.05) is 19.6 Å². The number of hydrogen-bond acceptors (Lipinski definition) is 5. The molecule has 1 atom stereocenters. The average Bonchev–Trinajstić information content (AvgIpc) is 2.78. The highest BCUT2D eigenvalue weighted by atomic mass is 16.5. The summed E-state index contributed by atoms with van der Waals surface area (Å²) in [6.45, 7) is 12.6. The van der Waals surface area contributed by atoms with E-state index in [1.807, 2.05) is 6.92 Å². The van der Waals surface area contributed by atoms with Crippen LogP contribution < -0.4 is 5.32 Å². The summed E-state index contributed by atoms with van der Waals surface area (Å²) in [5.74, 6) is 1.36. The van der Waals surface area contributed by atoms with Crippen molar-refractivity contribution in [3.8, 4) is 0 Å². The summed E-state index contributed by atoms with van der Waals surface area (Å²) in [6, 6.07) is 0.486. The molecule has 1 N–H and O–H groups in total.